The van der Waals surface area contributed by atoms with Crippen LogP contribution in [-0.4, -0.2) is 35.6 Å². The molecule has 1 heterocycles. The zero-order chi connectivity index (χ0) is 10.8. The lowest BCUT2D eigenvalue weighted by atomic mass is 9.83. The van der Waals surface area contributed by atoms with Crippen LogP contribution in [0.15, 0.2) is 0 Å². The molecule has 0 saturated carbocycles. The van der Waals surface area contributed by atoms with Crippen molar-refractivity contribution in [1.82, 2.24) is 4.90 Å². The summed E-state index contributed by atoms with van der Waals surface area (Å²) in [7, 11) is 0. The lowest BCUT2D eigenvalue weighted by Gasteiger charge is -2.47. The van der Waals surface area contributed by atoms with Gasteiger partial charge in [-0.15, -0.1) is 0 Å². The highest BCUT2D eigenvalue weighted by Crippen LogP contribution is 2.29. The minimum absolute atomic E-state index is 0.313. The van der Waals surface area contributed by atoms with Gasteiger partial charge in [0.25, 0.3) is 0 Å². The SMILES string of the molecule is CCC(CC(=O)O)CN1CC(C)(C)C1. The van der Waals surface area contributed by atoms with Gasteiger partial charge in [-0.2, -0.15) is 0 Å². The molecule has 1 fully saturated rings. The summed E-state index contributed by atoms with van der Waals surface area (Å²) < 4.78 is 0. The van der Waals surface area contributed by atoms with E-state index in [2.05, 4.69) is 25.7 Å². The average Bonchev–Trinajstić information content (AvgIpc) is 1.98. The predicted octanol–water partition coefficient (Wildman–Crippen LogP) is 1.83. The quantitative estimate of drug-likeness (QED) is 0.734. The lowest BCUT2D eigenvalue weighted by molar-refractivity contribution is -0.138. The second-order valence-corrected chi connectivity index (χ2v) is 5.21. The van der Waals surface area contributed by atoms with E-state index in [1.165, 1.54) is 0 Å². The van der Waals surface area contributed by atoms with Crippen molar-refractivity contribution in [2.24, 2.45) is 11.3 Å². The number of hydrogen-bond donors (Lipinski definition) is 1. The molecule has 14 heavy (non-hydrogen) atoms. The second kappa shape index (κ2) is 4.30. The van der Waals surface area contributed by atoms with Crippen LogP contribution in [0.25, 0.3) is 0 Å². The third kappa shape index (κ3) is 3.29. The molecule has 1 unspecified atom stereocenters. The first-order chi connectivity index (χ1) is 6.43. The Hall–Kier alpha value is -0.570. The molecule has 0 amide bonds. The number of likely N-dealkylation sites (tertiary alicyclic amines) is 1. The Labute approximate surface area is 86.1 Å². The van der Waals surface area contributed by atoms with Gasteiger partial charge in [0.2, 0.25) is 0 Å². The maximum Gasteiger partial charge on any atom is 0.303 e. The smallest absolute Gasteiger partial charge is 0.303 e. The molecule has 0 bridgehead atoms. The molecule has 1 atom stereocenters. The molecule has 1 saturated heterocycles. The van der Waals surface area contributed by atoms with Crippen molar-refractivity contribution in [2.75, 3.05) is 19.6 Å². The molecule has 0 aromatic heterocycles. The molecule has 0 spiro atoms. The van der Waals surface area contributed by atoms with Gasteiger partial charge in [0, 0.05) is 26.1 Å². The Bertz CT molecular complexity index is 205. The van der Waals surface area contributed by atoms with Crippen molar-refractivity contribution in [3.05, 3.63) is 0 Å². The Kier molecular flexibility index (Phi) is 3.53. The molecule has 1 N–H and O–H groups in total. The normalized spacial score (nSPS) is 22.8. The number of carboxylic acid groups (broad SMARTS) is 1. The number of rotatable bonds is 5. The first kappa shape index (κ1) is 11.5. The van der Waals surface area contributed by atoms with Crippen LogP contribution in [0.2, 0.25) is 0 Å². The molecular weight excluding hydrogens is 178 g/mol. The van der Waals surface area contributed by atoms with Crippen LogP contribution in [-0.2, 0) is 4.79 Å². The summed E-state index contributed by atoms with van der Waals surface area (Å²) in [5.74, 6) is -0.347. The van der Waals surface area contributed by atoms with Crippen molar-refractivity contribution in [3.8, 4) is 0 Å². The van der Waals surface area contributed by atoms with Gasteiger partial charge >= 0.3 is 5.97 Å². The van der Waals surface area contributed by atoms with Crippen molar-refractivity contribution in [1.29, 1.82) is 0 Å². The van der Waals surface area contributed by atoms with Crippen LogP contribution in [0.1, 0.15) is 33.6 Å². The van der Waals surface area contributed by atoms with E-state index in [0.717, 1.165) is 26.1 Å². The van der Waals surface area contributed by atoms with Gasteiger partial charge in [-0.3, -0.25) is 4.79 Å². The second-order valence-electron chi connectivity index (χ2n) is 5.21. The van der Waals surface area contributed by atoms with Crippen LogP contribution in [0.5, 0.6) is 0 Å². The van der Waals surface area contributed by atoms with Gasteiger partial charge in [-0.1, -0.05) is 27.2 Å². The number of aliphatic carboxylic acids is 1. The summed E-state index contributed by atoms with van der Waals surface area (Å²) in [5.41, 5.74) is 0.446. The third-order valence-corrected chi connectivity index (χ3v) is 2.86. The van der Waals surface area contributed by atoms with E-state index in [1.807, 2.05) is 0 Å². The van der Waals surface area contributed by atoms with Gasteiger partial charge < -0.3 is 10.0 Å². The number of carboxylic acids is 1. The monoisotopic (exact) mass is 199 g/mol. The molecule has 0 radical (unpaired) electrons. The summed E-state index contributed by atoms with van der Waals surface area (Å²) in [6.45, 7) is 9.75. The van der Waals surface area contributed by atoms with Gasteiger partial charge in [-0.05, 0) is 11.3 Å². The van der Waals surface area contributed by atoms with E-state index >= 15 is 0 Å². The van der Waals surface area contributed by atoms with E-state index < -0.39 is 5.97 Å². The largest absolute Gasteiger partial charge is 0.481 e. The van der Waals surface area contributed by atoms with Crippen LogP contribution in [0.3, 0.4) is 0 Å². The fourth-order valence-electron chi connectivity index (χ4n) is 2.24. The van der Waals surface area contributed by atoms with Gasteiger partial charge in [-0.25, -0.2) is 0 Å². The number of hydrogen-bond acceptors (Lipinski definition) is 2. The van der Waals surface area contributed by atoms with Crippen molar-refractivity contribution >= 4 is 5.97 Å². The van der Waals surface area contributed by atoms with Crippen molar-refractivity contribution in [3.63, 3.8) is 0 Å². The Morgan fingerprint density at radius 1 is 1.50 bits per heavy atom. The van der Waals surface area contributed by atoms with Gasteiger partial charge in [0.15, 0.2) is 0 Å². The number of carbonyl (C=O) groups is 1. The van der Waals surface area contributed by atoms with Crippen molar-refractivity contribution < 1.29 is 9.90 Å². The van der Waals surface area contributed by atoms with E-state index in [0.29, 0.717) is 17.8 Å². The van der Waals surface area contributed by atoms with E-state index in [9.17, 15) is 4.79 Å². The molecule has 0 aromatic carbocycles. The molecular formula is C11H21NO2. The summed E-state index contributed by atoms with van der Waals surface area (Å²) >= 11 is 0. The first-order valence-electron chi connectivity index (χ1n) is 5.37. The highest BCUT2D eigenvalue weighted by Gasteiger charge is 2.34. The van der Waals surface area contributed by atoms with Crippen LogP contribution < -0.4 is 0 Å². The highest BCUT2D eigenvalue weighted by molar-refractivity contribution is 5.67. The van der Waals surface area contributed by atoms with E-state index in [4.69, 9.17) is 5.11 Å². The molecule has 1 aliphatic heterocycles. The molecule has 3 nitrogen and oxygen atoms in total. The highest BCUT2D eigenvalue weighted by atomic mass is 16.4. The van der Waals surface area contributed by atoms with E-state index in [1.54, 1.807) is 0 Å². The van der Waals surface area contributed by atoms with E-state index in [-0.39, 0.29) is 0 Å². The summed E-state index contributed by atoms with van der Waals surface area (Å²) in [5, 5.41) is 8.70. The molecule has 3 heteroatoms. The Balaban J connectivity index is 2.25. The molecule has 82 valence electrons. The van der Waals surface area contributed by atoms with Crippen molar-refractivity contribution in [2.45, 2.75) is 33.6 Å². The molecule has 0 aliphatic carbocycles. The fraction of sp³-hybridized carbons (Fsp3) is 0.909. The Morgan fingerprint density at radius 3 is 2.43 bits per heavy atom. The summed E-state index contributed by atoms with van der Waals surface area (Å²) in [6, 6.07) is 0. The average molecular weight is 199 g/mol. The Morgan fingerprint density at radius 2 is 2.07 bits per heavy atom. The lowest BCUT2D eigenvalue weighted by Crippen LogP contribution is -2.54. The van der Waals surface area contributed by atoms with Gasteiger partial charge in [0.05, 0.1) is 0 Å². The molecule has 1 aliphatic rings. The first-order valence-corrected chi connectivity index (χ1v) is 5.37. The van der Waals surface area contributed by atoms with Crippen LogP contribution in [0.4, 0.5) is 0 Å². The summed E-state index contributed by atoms with van der Waals surface area (Å²) in [6.07, 6.45) is 1.27. The maximum absolute atomic E-state index is 10.6. The third-order valence-electron chi connectivity index (χ3n) is 2.86. The van der Waals surface area contributed by atoms with Gasteiger partial charge in [0.1, 0.15) is 0 Å². The fourth-order valence-corrected chi connectivity index (χ4v) is 2.24. The maximum atomic E-state index is 10.6. The standard InChI is InChI=1S/C11H21NO2/c1-4-9(5-10(13)14)6-12-7-11(2,3)8-12/h9H,4-8H2,1-3H3,(H,13,14). The topological polar surface area (TPSA) is 40.5 Å². The minimum atomic E-state index is -0.670. The van der Waals surface area contributed by atoms with Crippen LogP contribution in [0, 0.1) is 11.3 Å². The number of nitrogens with zero attached hydrogens (tertiary/aromatic N) is 1. The zero-order valence-corrected chi connectivity index (χ0v) is 9.42. The summed E-state index contributed by atoms with van der Waals surface area (Å²) in [4.78, 5) is 12.9. The minimum Gasteiger partial charge on any atom is -0.481 e. The molecule has 1 rings (SSSR count). The van der Waals surface area contributed by atoms with Crippen LogP contribution >= 0.6 is 0 Å². The zero-order valence-electron chi connectivity index (χ0n) is 9.42. The predicted molar refractivity (Wildman–Crippen MR) is 56.3 cm³/mol. The molecule has 0 aromatic rings.